The predicted octanol–water partition coefficient (Wildman–Crippen LogP) is 6.55. The van der Waals surface area contributed by atoms with E-state index < -0.39 is 0 Å². The zero-order chi connectivity index (χ0) is 23.8. The van der Waals surface area contributed by atoms with Gasteiger partial charge in [0.15, 0.2) is 0 Å². The fourth-order valence-electron chi connectivity index (χ4n) is 4.28. The standard InChI is InChI=1S/C29H36N2O2/c1-21(2)31(22(3)4)18-8-11-26-20-27(15-16-28(26)33-5)30-29(32)17-13-23-12-14-24-9-6-7-10-25(24)19-23/h6-7,9-10,12-17,19-22H,8,11,18H2,1-5H3,(H,30,32). The highest BCUT2D eigenvalue weighted by Gasteiger charge is 2.13. The molecule has 0 aromatic heterocycles. The van der Waals surface area contributed by atoms with Crippen molar-refractivity contribution >= 4 is 28.4 Å². The maximum atomic E-state index is 12.5. The van der Waals surface area contributed by atoms with Crippen LogP contribution in [-0.2, 0) is 11.2 Å². The Labute approximate surface area is 198 Å². The number of nitrogens with zero attached hydrogens (tertiary/aromatic N) is 1. The van der Waals surface area contributed by atoms with Gasteiger partial charge in [0.2, 0.25) is 5.91 Å². The van der Waals surface area contributed by atoms with Crippen LogP contribution in [0.5, 0.6) is 5.75 Å². The van der Waals surface area contributed by atoms with Crippen LogP contribution in [0.25, 0.3) is 16.8 Å². The lowest BCUT2D eigenvalue weighted by molar-refractivity contribution is -0.111. The van der Waals surface area contributed by atoms with E-state index in [4.69, 9.17) is 4.74 Å². The van der Waals surface area contributed by atoms with Gasteiger partial charge in [0.25, 0.3) is 0 Å². The summed E-state index contributed by atoms with van der Waals surface area (Å²) in [6.45, 7) is 9.98. The number of benzene rings is 3. The second-order valence-corrected chi connectivity index (χ2v) is 8.98. The van der Waals surface area contributed by atoms with E-state index in [9.17, 15) is 4.79 Å². The first-order valence-corrected chi connectivity index (χ1v) is 11.8. The number of anilines is 1. The van der Waals surface area contributed by atoms with Gasteiger partial charge >= 0.3 is 0 Å². The summed E-state index contributed by atoms with van der Waals surface area (Å²) in [5, 5.41) is 5.34. The Balaban J connectivity index is 1.63. The van der Waals surface area contributed by atoms with Crippen LogP contribution >= 0.6 is 0 Å². The molecule has 1 amide bonds. The van der Waals surface area contributed by atoms with Crippen LogP contribution in [-0.4, -0.2) is 36.5 Å². The third kappa shape index (κ3) is 6.93. The summed E-state index contributed by atoms with van der Waals surface area (Å²) in [6.07, 6.45) is 5.36. The Bertz CT molecular complexity index is 1090. The Kier molecular flexibility index (Phi) is 8.67. The highest BCUT2D eigenvalue weighted by atomic mass is 16.5. The average molecular weight is 445 g/mol. The molecule has 0 aliphatic carbocycles. The van der Waals surface area contributed by atoms with Gasteiger partial charge < -0.3 is 10.1 Å². The fraction of sp³-hybridized carbons (Fsp3) is 0.345. The topological polar surface area (TPSA) is 41.6 Å². The molecule has 1 N–H and O–H groups in total. The quantitative estimate of drug-likeness (QED) is 0.360. The van der Waals surface area contributed by atoms with Crippen molar-refractivity contribution in [2.45, 2.75) is 52.6 Å². The minimum absolute atomic E-state index is 0.148. The summed E-state index contributed by atoms with van der Waals surface area (Å²) in [7, 11) is 1.69. The minimum atomic E-state index is -0.148. The molecule has 0 unspecified atom stereocenters. The number of carbonyl (C=O) groups excluding carboxylic acids is 1. The van der Waals surface area contributed by atoms with Crippen molar-refractivity contribution in [2.24, 2.45) is 0 Å². The molecule has 3 aromatic carbocycles. The van der Waals surface area contributed by atoms with Gasteiger partial charge in [-0.3, -0.25) is 9.69 Å². The van der Waals surface area contributed by atoms with Gasteiger partial charge in [0.05, 0.1) is 7.11 Å². The van der Waals surface area contributed by atoms with Gasteiger partial charge in [-0.25, -0.2) is 0 Å². The molecule has 0 aliphatic heterocycles. The molecule has 0 saturated heterocycles. The van der Waals surface area contributed by atoms with Crippen molar-refractivity contribution in [2.75, 3.05) is 19.0 Å². The molecule has 0 spiro atoms. The zero-order valence-electron chi connectivity index (χ0n) is 20.5. The van der Waals surface area contributed by atoms with Crippen molar-refractivity contribution in [1.29, 1.82) is 0 Å². The molecule has 0 aliphatic rings. The van der Waals surface area contributed by atoms with Crippen molar-refractivity contribution in [3.05, 3.63) is 77.9 Å². The molecule has 3 aromatic rings. The first-order chi connectivity index (χ1) is 15.9. The fourth-order valence-corrected chi connectivity index (χ4v) is 4.28. The van der Waals surface area contributed by atoms with Crippen molar-refractivity contribution in [1.82, 2.24) is 4.90 Å². The molecule has 0 atom stereocenters. The van der Waals surface area contributed by atoms with Gasteiger partial charge in [0, 0.05) is 23.8 Å². The van der Waals surface area contributed by atoms with E-state index in [1.54, 1.807) is 13.2 Å². The number of carbonyl (C=O) groups is 1. The van der Waals surface area contributed by atoms with E-state index in [0.717, 1.165) is 47.3 Å². The lowest BCUT2D eigenvalue weighted by Gasteiger charge is -2.30. The summed E-state index contributed by atoms with van der Waals surface area (Å²) < 4.78 is 5.56. The van der Waals surface area contributed by atoms with E-state index >= 15 is 0 Å². The number of nitrogens with one attached hydrogen (secondary N) is 1. The highest BCUT2D eigenvalue weighted by Crippen LogP contribution is 2.25. The van der Waals surface area contributed by atoms with E-state index in [1.807, 2.05) is 42.5 Å². The largest absolute Gasteiger partial charge is 0.496 e. The monoisotopic (exact) mass is 444 g/mol. The third-order valence-electron chi connectivity index (χ3n) is 5.94. The number of aryl methyl sites for hydroxylation is 1. The summed E-state index contributed by atoms with van der Waals surface area (Å²) in [6, 6.07) is 21.3. The first-order valence-electron chi connectivity index (χ1n) is 11.8. The van der Waals surface area contributed by atoms with Gasteiger partial charge in [-0.15, -0.1) is 0 Å². The van der Waals surface area contributed by atoms with Crippen molar-refractivity contribution in [3.63, 3.8) is 0 Å². The molecule has 174 valence electrons. The lowest BCUT2D eigenvalue weighted by Crippen LogP contribution is -2.37. The summed E-state index contributed by atoms with van der Waals surface area (Å²) >= 11 is 0. The zero-order valence-corrected chi connectivity index (χ0v) is 20.5. The summed E-state index contributed by atoms with van der Waals surface area (Å²) in [4.78, 5) is 15.0. The number of amides is 1. The number of ether oxygens (including phenoxy) is 1. The van der Waals surface area contributed by atoms with Gasteiger partial charge in [0.1, 0.15) is 5.75 Å². The highest BCUT2D eigenvalue weighted by molar-refractivity contribution is 6.02. The number of methoxy groups -OCH3 is 1. The average Bonchev–Trinajstić information content (AvgIpc) is 2.80. The molecule has 3 rings (SSSR count). The summed E-state index contributed by atoms with van der Waals surface area (Å²) in [5.74, 6) is 0.713. The molecule has 0 radical (unpaired) electrons. The molecular weight excluding hydrogens is 408 g/mol. The Hall–Kier alpha value is -3.11. The van der Waals surface area contributed by atoms with E-state index in [0.29, 0.717) is 12.1 Å². The van der Waals surface area contributed by atoms with Crippen LogP contribution in [0, 0.1) is 0 Å². The molecule has 0 heterocycles. The van der Waals surface area contributed by atoms with Crippen LogP contribution in [0.4, 0.5) is 5.69 Å². The Morgan fingerprint density at radius 3 is 2.39 bits per heavy atom. The van der Waals surface area contributed by atoms with Crippen LogP contribution in [0.3, 0.4) is 0 Å². The van der Waals surface area contributed by atoms with Crippen molar-refractivity contribution < 1.29 is 9.53 Å². The second-order valence-electron chi connectivity index (χ2n) is 8.98. The summed E-state index contributed by atoms with van der Waals surface area (Å²) in [5.41, 5.74) is 2.89. The minimum Gasteiger partial charge on any atom is -0.496 e. The van der Waals surface area contributed by atoms with Gasteiger partial charge in [-0.1, -0.05) is 36.4 Å². The van der Waals surface area contributed by atoms with Gasteiger partial charge in [-0.05, 0) is 99.3 Å². The molecule has 0 bridgehead atoms. The molecule has 4 heteroatoms. The maximum Gasteiger partial charge on any atom is 0.248 e. The number of hydrogen-bond acceptors (Lipinski definition) is 3. The molecule has 0 fully saturated rings. The van der Waals surface area contributed by atoms with Gasteiger partial charge in [-0.2, -0.15) is 0 Å². The third-order valence-corrected chi connectivity index (χ3v) is 5.94. The predicted molar refractivity (Wildman–Crippen MR) is 140 cm³/mol. The number of hydrogen-bond donors (Lipinski definition) is 1. The maximum absolute atomic E-state index is 12.5. The van der Waals surface area contributed by atoms with Crippen LogP contribution in [0.1, 0.15) is 45.2 Å². The SMILES string of the molecule is COc1ccc(NC(=O)C=Cc2ccc3ccccc3c2)cc1CCCN(C(C)C)C(C)C. The van der Waals surface area contributed by atoms with Crippen LogP contribution < -0.4 is 10.1 Å². The van der Waals surface area contributed by atoms with Crippen molar-refractivity contribution in [3.8, 4) is 5.75 Å². The second kappa shape index (κ2) is 11.7. The van der Waals surface area contributed by atoms with Crippen LogP contribution in [0.2, 0.25) is 0 Å². The Morgan fingerprint density at radius 1 is 0.970 bits per heavy atom. The van der Waals surface area contributed by atoms with E-state index in [1.165, 1.54) is 5.39 Å². The lowest BCUT2D eigenvalue weighted by atomic mass is 10.1. The Morgan fingerprint density at radius 2 is 1.70 bits per heavy atom. The van der Waals surface area contributed by atoms with E-state index in [-0.39, 0.29) is 5.91 Å². The molecule has 0 saturated carbocycles. The molecular formula is C29H36N2O2. The number of rotatable bonds is 10. The molecule has 33 heavy (non-hydrogen) atoms. The number of fused-ring (bicyclic) bond motifs is 1. The van der Waals surface area contributed by atoms with Crippen LogP contribution in [0.15, 0.2) is 66.7 Å². The smallest absolute Gasteiger partial charge is 0.248 e. The van der Waals surface area contributed by atoms with E-state index in [2.05, 4.69) is 62.2 Å². The normalized spacial score (nSPS) is 11.8. The first kappa shape index (κ1) is 24.5. The molecule has 4 nitrogen and oxygen atoms in total.